The first-order valence-electron chi connectivity index (χ1n) is 15.6. The quantitative estimate of drug-likeness (QED) is 0.0673. The SMILES string of the molecule is CCC(Sc1cccc(NC(=O)/C(=C/c2cccc(Cl)c2)NC(=O)c2ccccc2)c1)C(=O)Nc1scc(-c2ccc(C)cc2)c1C(=O)OC. The number of carbonyl (C=O) groups is 4. The number of rotatable bonds is 12. The Labute approximate surface area is 303 Å². The predicted molar refractivity (Wildman–Crippen MR) is 203 cm³/mol. The van der Waals surface area contributed by atoms with Crippen LogP contribution in [0.15, 0.2) is 119 Å². The van der Waals surface area contributed by atoms with E-state index in [-0.39, 0.29) is 11.6 Å². The summed E-state index contributed by atoms with van der Waals surface area (Å²) in [6, 6.07) is 30.4. The summed E-state index contributed by atoms with van der Waals surface area (Å²) in [6.07, 6.45) is 2.05. The van der Waals surface area contributed by atoms with Crippen LogP contribution in [0.1, 0.15) is 45.2 Å². The van der Waals surface area contributed by atoms with Crippen LogP contribution >= 0.6 is 34.7 Å². The molecule has 254 valence electrons. The summed E-state index contributed by atoms with van der Waals surface area (Å²) in [5.74, 6) is -1.80. The van der Waals surface area contributed by atoms with Crippen molar-refractivity contribution in [2.75, 3.05) is 17.7 Å². The van der Waals surface area contributed by atoms with Crippen molar-refractivity contribution >= 4 is 75.2 Å². The van der Waals surface area contributed by atoms with E-state index >= 15 is 0 Å². The van der Waals surface area contributed by atoms with Gasteiger partial charge in [-0.3, -0.25) is 14.4 Å². The van der Waals surface area contributed by atoms with Gasteiger partial charge in [0.15, 0.2) is 0 Å². The summed E-state index contributed by atoms with van der Waals surface area (Å²) in [5.41, 5.74) is 4.44. The highest BCUT2D eigenvalue weighted by molar-refractivity contribution is 8.00. The smallest absolute Gasteiger partial charge is 0.341 e. The lowest BCUT2D eigenvalue weighted by Crippen LogP contribution is -2.30. The minimum atomic E-state index is -0.543. The monoisotopic (exact) mass is 723 g/mol. The van der Waals surface area contributed by atoms with Crippen molar-refractivity contribution in [3.63, 3.8) is 0 Å². The van der Waals surface area contributed by atoms with Gasteiger partial charge in [-0.1, -0.05) is 84.8 Å². The van der Waals surface area contributed by atoms with Crippen molar-refractivity contribution in [2.24, 2.45) is 0 Å². The topological polar surface area (TPSA) is 114 Å². The fourth-order valence-electron chi connectivity index (χ4n) is 4.93. The molecule has 0 aliphatic rings. The van der Waals surface area contributed by atoms with Gasteiger partial charge in [0, 0.05) is 32.1 Å². The molecule has 0 spiro atoms. The van der Waals surface area contributed by atoms with E-state index in [1.807, 2.05) is 49.6 Å². The van der Waals surface area contributed by atoms with Gasteiger partial charge < -0.3 is 20.7 Å². The molecule has 50 heavy (non-hydrogen) atoms. The van der Waals surface area contributed by atoms with Gasteiger partial charge in [-0.15, -0.1) is 23.1 Å². The number of thiophene rings is 1. The maximum Gasteiger partial charge on any atom is 0.341 e. The van der Waals surface area contributed by atoms with Crippen LogP contribution in [-0.2, 0) is 14.3 Å². The second-order valence-electron chi connectivity index (χ2n) is 11.1. The lowest BCUT2D eigenvalue weighted by atomic mass is 10.0. The largest absolute Gasteiger partial charge is 0.465 e. The van der Waals surface area contributed by atoms with E-state index in [0.717, 1.165) is 16.0 Å². The lowest BCUT2D eigenvalue weighted by molar-refractivity contribution is -0.116. The number of thioether (sulfide) groups is 1. The zero-order chi connectivity index (χ0) is 35.6. The molecule has 1 atom stereocenters. The Morgan fingerprint density at radius 2 is 1.64 bits per heavy atom. The van der Waals surface area contributed by atoms with Crippen LogP contribution in [0.4, 0.5) is 10.7 Å². The fourth-order valence-corrected chi connectivity index (χ4v) is 7.10. The molecule has 0 bridgehead atoms. The minimum Gasteiger partial charge on any atom is -0.465 e. The van der Waals surface area contributed by atoms with Gasteiger partial charge in [0.1, 0.15) is 16.3 Å². The highest BCUT2D eigenvalue weighted by Gasteiger charge is 2.25. The second-order valence-corrected chi connectivity index (χ2v) is 13.7. The number of nitrogens with one attached hydrogen (secondary N) is 3. The molecule has 4 aromatic carbocycles. The number of ether oxygens (including phenoxy) is 1. The molecule has 0 aliphatic carbocycles. The van der Waals surface area contributed by atoms with E-state index in [1.54, 1.807) is 78.9 Å². The zero-order valence-corrected chi connectivity index (χ0v) is 29.9. The number of amides is 3. The molecule has 8 nitrogen and oxygen atoms in total. The van der Waals surface area contributed by atoms with Gasteiger partial charge in [0.2, 0.25) is 5.91 Å². The molecule has 0 radical (unpaired) electrons. The third-order valence-corrected chi connectivity index (χ3v) is 9.99. The van der Waals surface area contributed by atoms with E-state index in [4.69, 9.17) is 16.3 Å². The number of halogens is 1. The Kier molecular flexibility index (Phi) is 12.3. The maximum absolute atomic E-state index is 13.6. The Hall–Kier alpha value is -5.16. The van der Waals surface area contributed by atoms with Crippen molar-refractivity contribution in [1.29, 1.82) is 0 Å². The van der Waals surface area contributed by atoms with Crippen LogP contribution < -0.4 is 16.0 Å². The zero-order valence-electron chi connectivity index (χ0n) is 27.5. The van der Waals surface area contributed by atoms with E-state index in [9.17, 15) is 19.2 Å². The summed E-state index contributed by atoms with van der Waals surface area (Å²) in [5, 5.41) is 10.8. The van der Waals surface area contributed by atoms with E-state index in [0.29, 0.717) is 44.4 Å². The Balaban J connectivity index is 1.32. The van der Waals surface area contributed by atoms with Gasteiger partial charge in [-0.2, -0.15) is 0 Å². The van der Waals surface area contributed by atoms with Crippen molar-refractivity contribution < 1.29 is 23.9 Å². The molecule has 11 heteroatoms. The first-order valence-corrected chi connectivity index (χ1v) is 17.8. The maximum atomic E-state index is 13.6. The molecule has 5 aromatic rings. The summed E-state index contributed by atoms with van der Waals surface area (Å²) in [7, 11) is 1.31. The van der Waals surface area contributed by atoms with E-state index < -0.39 is 23.0 Å². The molecule has 3 N–H and O–H groups in total. The third-order valence-electron chi connectivity index (χ3n) is 7.50. The normalized spacial score (nSPS) is 11.7. The first-order chi connectivity index (χ1) is 24.1. The van der Waals surface area contributed by atoms with E-state index in [2.05, 4.69) is 16.0 Å². The molecule has 5 rings (SSSR count). The van der Waals surface area contributed by atoms with Crippen molar-refractivity contribution in [3.05, 3.63) is 141 Å². The Morgan fingerprint density at radius 3 is 2.34 bits per heavy atom. The van der Waals surface area contributed by atoms with Gasteiger partial charge >= 0.3 is 5.97 Å². The Morgan fingerprint density at radius 1 is 0.900 bits per heavy atom. The van der Waals surface area contributed by atoms with Gasteiger partial charge in [0.05, 0.1) is 12.4 Å². The van der Waals surface area contributed by atoms with E-state index in [1.165, 1.54) is 30.2 Å². The molecule has 1 heterocycles. The Bertz CT molecular complexity index is 2040. The molecule has 1 unspecified atom stereocenters. The summed E-state index contributed by atoms with van der Waals surface area (Å²) in [6.45, 7) is 3.89. The number of hydrogen-bond acceptors (Lipinski definition) is 7. The lowest BCUT2D eigenvalue weighted by Gasteiger charge is -2.16. The van der Waals surface area contributed by atoms with Crippen LogP contribution in [0.2, 0.25) is 5.02 Å². The van der Waals surface area contributed by atoms with Gasteiger partial charge in [-0.25, -0.2) is 4.79 Å². The average molecular weight is 724 g/mol. The van der Waals surface area contributed by atoms with Crippen LogP contribution in [0, 0.1) is 6.92 Å². The number of hydrogen-bond donors (Lipinski definition) is 3. The number of carbonyl (C=O) groups excluding carboxylic acids is 4. The fraction of sp³-hybridized carbons (Fsp3) is 0.128. The standard InChI is InChI=1S/C39H34ClN3O5S2/c1-4-33(37(46)43-38-34(39(47)48-3)31(23-49-38)26-18-16-24(2)17-19-26)50-30-15-9-14-29(22-30)41-36(45)32(21-25-10-8-13-28(40)20-25)42-35(44)27-11-6-5-7-12-27/h5-23,33H,4H2,1-3H3,(H,41,45)(H,42,44)(H,43,46)/b32-21-. The number of methoxy groups -OCH3 is 1. The molecule has 0 saturated heterocycles. The number of benzene rings is 4. The molecule has 0 fully saturated rings. The van der Waals surface area contributed by atoms with Crippen LogP contribution in [0.25, 0.3) is 17.2 Å². The molecule has 0 saturated carbocycles. The molecular weight excluding hydrogens is 690 g/mol. The number of esters is 1. The predicted octanol–water partition coefficient (Wildman–Crippen LogP) is 9.08. The van der Waals surface area contributed by atoms with Crippen molar-refractivity contribution in [3.8, 4) is 11.1 Å². The van der Waals surface area contributed by atoms with Gasteiger partial charge in [0.25, 0.3) is 11.8 Å². The number of aryl methyl sites for hydroxylation is 1. The first kappa shape index (κ1) is 36.1. The molecule has 0 aliphatic heterocycles. The summed E-state index contributed by atoms with van der Waals surface area (Å²) in [4.78, 5) is 53.7. The highest BCUT2D eigenvalue weighted by Crippen LogP contribution is 2.37. The summed E-state index contributed by atoms with van der Waals surface area (Å²) < 4.78 is 5.07. The third kappa shape index (κ3) is 9.29. The summed E-state index contributed by atoms with van der Waals surface area (Å²) >= 11 is 8.76. The van der Waals surface area contributed by atoms with Crippen molar-refractivity contribution in [2.45, 2.75) is 30.4 Å². The minimum absolute atomic E-state index is 0.0207. The van der Waals surface area contributed by atoms with Crippen LogP contribution in [0.5, 0.6) is 0 Å². The molecule has 1 aromatic heterocycles. The van der Waals surface area contributed by atoms with Crippen LogP contribution in [-0.4, -0.2) is 36.1 Å². The average Bonchev–Trinajstić information content (AvgIpc) is 3.54. The van der Waals surface area contributed by atoms with Gasteiger partial charge in [-0.05, 0) is 73.0 Å². The second kappa shape index (κ2) is 17.0. The van der Waals surface area contributed by atoms with Crippen molar-refractivity contribution in [1.82, 2.24) is 5.32 Å². The molecule has 3 amide bonds. The highest BCUT2D eigenvalue weighted by atomic mass is 35.5. The molecular formula is C39H34ClN3O5S2. The van der Waals surface area contributed by atoms with Crippen LogP contribution in [0.3, 0.4) is 0 Å². The number of anilines is 2.